The number of hydrogen-bond acceptors (Lipinski definition) is 5. The molecule has 0 amide bonds. The average molecular weight is 423 g/mol. The fourth-order valence-electron chi connectivity index (χ4n) is 3.52. The zero-order chi connectivity index (χ0) is 20.9. The van der Waals surface area contributed by atoms with Gasteiger partial charge in [-0.25, -0.2) is 4.39 Å². The van der Waals surface area contributed by atoms with Crippen LogP contribution < -0.4 is 0 Å². The van der Waals surface area contributed by atoms with Gasteiger partial charge in [-0.05, 0) is 56.0 Å². The number of hydrogen-bond donors (Lipinski definition) is 0. The molecule has 4 rings (SSSR count). The third-order valence-corrected chi connectivity index (χ3v) is 6.23. The second-order valence-electron chi connectivity index (χ2n) is 7.48. The van der Waals surface area contributed by atoms with Crippen molar-refractivity contribution in [2.45, 2.75) is 49.2 Å². The van der Waals surface area contributed by atoms with Crippen LogP contribution in [0.5, 0.6) is 0 Å². The van der Waals surface area contributed by atoms with Crippen LogP contribution in [0.2, 0.25) is 0 Å². The Morgan fingerprint density at radius 3 is 2.63 bits per heavy atom. The van der Waals surface area contributed by atoms with Gasteiger partial charge in [0.15, 0.2) is 11.0 Å². The minimum Gasteiger partial charge on any atom is -0.376 e. The first-order valence-corrected chi connectivity index (χ1v) is 10.9. The lowest BCUT2D eigenvalue weighted by atomic mass is 10.1. The molecule has 0 unspecified atom stereocenters. The number of aromatic nitrogens is 3. The van der Waals surface area contributed by atoms with Crippen molar-refractivity contribution in [1.29, 1.82) is 5.26 Å². The van der Waals surface area contributed by atoms with E-state index in [1.54, 1.807) is 12.1 Å². The van der Waals surface area contributed by atoms with E-state index < -0.39 is 0 Å². The van der Waals surface area contributed by atoms with Crippen molar-refractivity contribution in [3.63, 3.8) is 0 Å². The standard InChI is InChI=1S/C23H23FN4OS/c1-16-4-6-17(7-5-16)13-21(14-25)30-23-27-26-22(18-8-10-19(24)11-9-18)28(23)15-20-3-2-12-29-20/h4-11,20-21H,2-3,12-13,15H2,1H3/t20-,21+/m0/s1. The average Bonchev–Trinajstić information content (AvgIpc) is 3.41. The molecule has 5 nitrogen and oxygen atoms in total. The smallest absolute Gasteiger partial charge is 0.192 e. The lowest BCUT2D eigenvalue weighted by molar-refractivity contribution is 0.0953. The molecular weight excluding hydrogens is 399 g/mol. The lowest BCUT2D eigenvalue weighted by Gasteiger charge is -2.16. The number of halogens is 1. The Morgan fingerprint density at radius 2 is 1.97 bits per heavy atom. The first-order chi connectivity index (χ1) is 14.6. The van der Waals surface area contributed by atoms with Crippen LogP contribution in [0.25, 0.3) is 11.4 Å². The van der Waals surface area contributed by atoms with Crippen LogP contribution in [-0.2, 0) is 17.7 Å². The molecule has 1 aliphatic heterocycles. The molecular formula is C23H23FN4OS. The van der Waals surface area contributed by atoms with Gasteiger partial charge < -0.3 is 4.74 Å². The number of aryl methyl sites for hydroxylation is 1. The van der Waals surface area contributed by atoms with Gasteiger partial charge in [-0.1, -0.05) is 41.6 Å². The van der Waals surface area contributed by atoms with E-state index in [9.17, 15) is 9.65 Å². The van der Waals surface area contributed by atoms with Gasteiger partial charge in [0.25, 0.3) is 0 Å². The molecule has 1 aliphatic rings. The molecule has 2 heterocycles. The highest BCUT2D eigenvalue weighted by Crippen LogP contribution is 2.30. The summed E-state index contributed by atoms with van der Waals surface area (Å²) in [6, 6.07) is 16.9. The van der Waals surface area contributed by atoms with E-state index in [4.69, 9.17) is 4.74 Å². The van der Waals surface area contributed by atoms with E-state index in [1.165, 1.54) is 29.5 Å². The molecule has 7 heteroatoms. The van der Waals surface area contributed by atoms with E-state index in [-0.39, 0.29) is 17.2 Å². The van der Waals surface area contributed by atoms with Gasteiger partial charge in [0.1, 0.15) is 11.1 Å². The second-order valence-corrected chi connectivity index (χ2v) is 8.65. The van der Waals surface area contributed by atoms with Crippen LogP contribution in [0.15, 0.2) is 53.7 Å². The quantitative estimate of drug-likeness (QED) is 0.512. The van der Waals surface area contributed by atoms with E-state index in [0.29, 0.717) is 23.9 Å². The summed E-state index contributed by atoms with van der Waals surface area (Å²) in [6.07, 6.45) is 2.74. The molecule has 2 aromatic carbocycles. The number of ether oxygens (including phenoxy) is 1. The number of nitrogens with zero attached hydrogens (tertiary/aromatic N) is 4. The fourth-order valence-corrected chi connectivity index (χ4v) is 4.48. The zero-order valence-corrected chi connectivity index (χ0v) is 17.6. The molecule has 0 spiro atoms. The van der Waals surface area contributed by atoms with Crippen LogP contribution in [0.4, 0.5) is 4.39 Å². The number of rotatable bonds is 7. The van der Waals surface area contributed by atoms with E-state index in [0.717, 1.165) is 30.6 Å². The molecule has 0 radical (unpaired) electrons. The van der Waals surface area contributed by atoms with Gasteiger partial charge in [0, 0.05) is 12.2 Å². The molecule has 0 aliphatic carbocycles. The Kier molecular flexibility index (Phi) is 6.46. The van der Waals surface area contributed by atoms with Crippen molar-refractivity contribution in [2.75, 3.05) is 6.61 Å². The minimum absolute atomic E-state index is 0.0946. The SMILES string of the molecule is Cc1ccc(C[C@H](C#N)Sc2nnc(-c3ccc(F)cc3)n2C[C@@H]2CCCO2)cc1. The maximum atomic E-state index is 13.4. The Labute approximate surface area is 179 Å². The van der Waals surface area contributed by atoms with Gasteiger partial charge in [-0.2, -0.15) is 5.26 Å². The van der Waals surface area contributed by atoms with Gasteiger partial charge in [0.2, 0.25) is 0 Å². The van der Waals surface area contributed by atoms with Crippen molar-refractivity contribution in [2.24, 2.45) is 0 Å². The summed E-state index contributed by atoms with van der Waals surface area (Å²) in [5.41, 5.74) is 3.10. The third-order valence-electron chi connectivity index (χ3n) is 5.16. The zero-order valence-electron chi connectivity index (χ0n) is 16.8. The van der Waals surface area contributed by atoms with Crippen LogP contribution in [0.3, 0.4) is 0 Å². The summed E-state index contributed by atoms with van der Waals surface area (Å²) in [5, 5.41) is 18.9. The fraction of sp³-hybridized carbons (Fsp3) is 0.348. The first-order valence-electron chi connectivity index (χ1n) is 10.0. The predicted octanol–water partition coefficient (Wildman–Crippen LogP) is 4.80. The summed E-state index contributed by atoms with van der Waals surface area (Å²) < 4.78 is 21.2. The highest BCUT2D eigenvalue weighted by atomic mass is 32.2. The van der Waals surface area contributed by atoms with Crippen LogP contribution >= 0.6 is 11.8 Å². The third kappa shape index (κ3) is 4.89. The largest absolute Gasteiger partial charge is 0.376 e. The molecule has 0 bridgehead atoms. The second kappa shape index (κ2) is 9.41. The van der Waals surface area contributed by atoms with Crippen molar-refractivity contribution in [1.82, 2.24) is 14.8 Å². The number of benzene rings is 2. The summed E-state index contributed by atoms with van der Waals surface area (Å²) in [4.78, 5) is 0. The maximum absolute atomic E-state index is 13.4. The molecule has 1 fully saturated rings. The Bertz CT molecular complexity index is 1020. The summed E-state index contributed by atoms with van der Waals surface area (Å²) >= 11 is 1.41. The van der Waals surface area contributed by atoms with Crippen molar-refractivity contribution in [3.8, 4) is 17.5 Å². The first kappa shape index (κ1) is 20.6. The summed E-state index contributed by atoms with van der Waals surface area (Å²) in [5.74, 6) is 0.376. The Balaban J connectivity index is 1.60. The molecule has 1 aromatic heterocycles. The maximum Gasteiger partial charge on any atom is 0.192 e. The highest BCUT2D eigenvalue weighted by molar-refractivity contribution is 8.00. The van der Waals surface area contributed by atoms with Crippen molar-refractivity contribution < 1.29 is 9.13 Å². The number of thioether (sulfide) groups is 1. The van der Waals surface area contributed by atoms with Gasteiger partial charge >= 0.3 is 0 Å². The summed E-state index contributed by atoms with van der Waals surface area (Å²) in [6.45, 7) is 3.42. The predicted molar refractivity (Wildman–Crippen MR) is 115 cm³/mol. The van der Waals surface area contributed by atoms with Crippen molar-refractivity contribution in [3.05, 3.63) is 65.5 Å². The number of nitriles is 1. The molecule has 2 atom stereocenters. The van der Waals surface area contributed by atoms with Gasteiger partial charge in [-0.15, -0.1) is 10.2 Å². The van der Waals surface area contributed by atoms with Crippen LogP contribution in [0.1, 0.15) is 24.0 Å². The summed E-state index contributed by atoms with van der Waals surface area (Å²) in [7, 11) is 0. The monoisotopic (exact) mass is 422 g/mol. The minimum atomic E-state index is -0.291. The topological polar surface area (TPSA) is 63.7 Å². The van der Waals surface area contributed by atoms with Gasteiger partial charge in [0.05, 0.1) is 18.7 Å². The Morgan fingerprint density at radius 1 is 1.20 bits per heavy atom. The highest BCUT2D eigenvalue weighted by Gasteiger charge is 2.24. The molecule has 154 valence electrons. The normalized spacial score (nSPS) is 17.0. The van der Waals surface area contributed by atoms with Crippen molar-refractivity contribution >= 4 is 11.8 Å². The molecule has 30 heavy (non-hydrogen) atoms. The van der Waals surface area contributed by atoms with Gasteiger partial charge in [-0.3, -0.25) is 4.57 Å². The van der Waals surface area contributed by atoms with E-state index >= 15 is 0 Å². The molecule has 0 N–H and O–H groups in total. The van der Waals surface area contributed by atoms with Crippen LogP contribution in [0, 0.1) is 24.1 Å². The van der Waals surface area contributed by atoms with Crippen LogP contribution in [-0.4, -0.2) is 32.7 Å². The van der Waals surface area contributed by atoms with E-state index in [1.807, 2.05) is 11.5 Å². The lowest BCUT2D eigenvalue weighted by Crippen LogP contribution is -2.17. The van der Waals surface area contributed by atoms with E-state index in [2.05, 4.69) is 40.5 Å². The Hall–Kier alpha value is -2.69. The molecule has 1 saturated heterocycles. The molecule has 0 saturated carbocycles. The molecule has 3 aromatic rings.